The van der Waals surface area contributed by atoms with Crippen molar-refractivity contribution < 1.29 is 14.3 Å². The maximum atomic E-state index is 12.6. The van der Waals surface area contributed by atoms with Crippen LogP contribution in [0.5, 0.6) is 5.75 Å². The van der Waals surface area contributed by atoms with E-state index in [1.165, 1.54) is 0 Å². The van der Waals surface area contributed by atoms with Crippen LogP contribution in [0.3, 0.4) is 0 Å². The molecule has 0 aliphatic carbocycles. The van der Waals surface area contributed by atoms with E-state index in [0.29, 0.717) is 13.1 Å². The highest BCUT2D eigenvalue weighted by molar-refractivity contribution is 5.81. The minimum absolute atomic E-state index is 0.0126. The van der Waals surface area contributed by atoms with Crippen LogP contribution in [0, 0.1) is 0 Å². The summed E-state index contributed by atoms with van der Waals surface area (Å²) >= 11 is 0. The number of ether oxygens (including phenoxy) is 1. The molecule has 0 saturated carbocycles. The smallest absolute Gasteiger partial charge is 0.237 e. The van der Waals surface area contributed by atoms with Crippen LogP contribution in [-0.4, -0.2) is 85.5 Å². The minimum atomic E-state index is -0.199. The first-order valence-corrected chi connectivity index (χ1v) is 10.1. The summed E-state index contributed by atoms with van der Waals surface area (Å²) in [6, 6.07) is 7.50. The number of amides is 2. The molecule has 1 aromatic carbocycles. The van der Waals surface area contributed by atoms with Gasteiger partial charge in [-0.05, 0) is 26.8 Å². The van der Waals surface area contributed by atoms with Gasteiger partial charge in [0.1, 0.15) is 5.75 Å². The number of methoxy groups -OCH3 is 1. The van der Waals surface area contributed by atoms with E-state index in [9.17, 15) is 9.59 Å². The molecule has 0 radical (unpaired) electrons. The summed E-state index contributed by atoms with van der Waals surface area (Å²) in [6.07, 6.45) is 0. The molecule has 7 heteroatoms. The number of hydrogen-bond acceptors (Lipinski definition) is 5. The lowest BCUT2D eigenvalue weighted by Gasteiger charge is -2.37. The van der Waals surface area contributed by atoms with Gasteiger partial charge in [0.05, 0.1) is 19.7 Å². The molecule has 156 valence electrons. The Morgan fingerprint density at radius 1 is 1.14 bits per heavy atom. The van der Waals surface area contributed by atoms with Crippen LogP contribution in [0.4, 0.5) is 0 Å². The molecule has 2 amide bonds. The van der Waals surface area contributed by atoms with Gasteiger partial charge in [-0.15, -0.1) is 0 Å². The molecular formula is C21H34N4O3. The first-order chi connectivity index (χ1) is 13.5. The quantitative estimate of drug-likeness (QED) is 0.686. The van der Waals surface area contributed by atoms with E-state index in [2.05, 4.69) is 15.1 Å². The highest BCUT2D eigenvalue weighted by Crippen LogP contribution is 2.17. The van der Waals surface area contributed by atoms with Crippen molar-refractivity contribution in [1.82, 2.24) is 20.0 Å². The molecule has 1 unspecified atom stereocenters. The number of nitrogens with one attached hydrogen (secondary N) is 1. The van der Waals surface area contributed by atoms with E-state index in [4.69, 9.17) is 4.74 Å². The molecule has 1 heterocycles. The van der Waals surface area contributed by atoms with Crippen molar-refractivity contribution in [2.45, 2.75) is 33.4 Å². The predicted octanol–water partition coefficient (Wildman–Crippen LogP) is 1.19. The van der Waals surface area contributed by atoms with Crippen LogP contribution in [0.2, 0.25) is 0 Å². The Bertz CT molecular complexity index is 640. The summed E-state index contributed by atoms with van der Waals surface area (Å²) in [5.74, 6) is 0.974. The zero-order chi connectivity index (χ0) is 20.5. The fraction of sp³-hybridized carbons (Fsp3) is 0.619. The van der Waals surface area contributed by atoms with Crippen molar-refractivity contribution in [3.63, 3.8) is 0 Å². The van der Waals surface area contributed by atoms with Crippen molar-refractivity contribution >= 4 is 11.8 Å². The largest absolute Gasteiger partial charge is 0.496 e. The average Bonchev–Trinajstić information content (AvgIpc) is 2.73. The fourth-order valence-electron chi connectivity index (χ4n) is 3.52. The predicted molar refractivity (Wildman–Crippen MR) is 110 cm³/mol. The second kappa shape index (κ2) is 11.0. The maximum absolute atomic E-state index is 12.6. The summed E-state index contributed by atoms with van der Waals surface area (Å²) in [7, 11) is 1.63. The zero-order valence-corrected chi connectivity index (χ0v) is 17.6. The van der Waals surface area contributed by atoms with Crippen molar-refractivity contribution in [1.29, 1.82) is 0 Å². The van der Waals surface area contributed by atoms with Gasteiger partial charge in [-0.25, -0.2) is 0 Å². The number of carbonyl (C=O) groups excluding carboxylic acids is 2. The Labute approximate surface area is 168 Å². The molecule has 0 spiro atoms. The number of piperazine rings is 1. The van der Waals surface area contributed by atoms with Crippen LogP contribution < -0.4 is 10.1 Å². The fourth-order valence-corrected chi connectivity index (χ4v) is 3.52. The SMILES string of the molecule is CCN(CC)C(=O)CN1CCN(C(C)C(=O)NCc2ccccc2OC)CC1. The molecular weight excluding hydrogens is 356 g/mol. The molecule has 0 aromatic heterocycles. The first kappa shape index (κ1) is 22.2. The van der Waals surface area contributed by atoms with Gasteiger partial charge >= 0.3 is 0 Å². The Morgan fingerprint density at radius 3 is 2.39 bits per heavy atom. The van der Waals surface area contributed by atoms with Gasteiger partial charge in [0.2, 0.25) is 11.8 Å². The van der Waals surface area contributed by atoms with Crippen molar-refractivity contribution in [2.24, 2.45) is 0 Å². The number of likely N-dealkylation sites (N-methyl/N-ethyl adjacent to an activating group) is 1. The first-order valence-electron chi connectivity index (χ1n) is 10.1. The topological polar surface area (TPSA) is 65.1 Å². The van der Waals surface area contributed by atoms with Gasteiger partial charge in [-0.1, -0.05) is 18.2 Å². The van der Waals surface area contributed by atoms with E-state index in [0.717, 1.165) is 50.6 Å². The number of hydrogen-bond donors (Lipinski definition) is 1. The third-order valence-electron chi connectivity index (χ3n) is 5.45. The number of carbonyl (C=O) groups is 2. The zero-order valence-electron chi connectivity index (χ0n) is 17.6. The van der Waals surface area contributed by atoms with Gasteiger partial charge in [0.15, 0.2) is 0 Å². The molecule has 2 rings (SSSR count). The number of nitrogens with zero attached hydrogens (tertiary/aromatic N) is 3. The van der Waals surface area contributed by atoms with Gasteiger partial charge in [-0.2, -0.15) is 0 Å². The third-order valence-corrected chi connectivity index (χ3v) is 5.45. The van der Waals surface area contributed by atoms with E-state index in [-0.39, 0.29) is 17.9 Å². The van der Waals surface area contributed by atoms with E-state index in [1.807, 2.05) is 49.9 Å². The second-order valence-electron chi connectivity index (χ2n) is 7.08. The normalized spacial score (nSPS) is 16.4. The van der Waals surface area contributed by atoms with Gasteiger partial charge in [-0.3, -0.25) is 19.4 Å². The second-order valence-corrected chi connectivity index (χ2v) is 7.08. The lowest BCUT2D eigenvalue weighted by Crippen LogP contribution is -2.55. The Hall–Kier alpha value is -2.12. The van der Waals surface area contributed by atoms with E-state index >= 15 is 0 Å². The maximum Gasteiger partial charge on any atom is 0.237 e. The number of rotatable bonds is 9. The van der Waals surface area contributed by atoms with E-state index < -0.39 is 0 Å². The van der Waals surface area contributed by atoms with E-state index in [1.54, 1.807) is 7.11 Å². The van der Waals surface area contributed by atoms with Gasteiger partial charge in [0.25, 0.3) is 0 Å². The summed E-state index contributed by atoms with van der Waals surface area (Å²) < 4.78 is 5.33. The summed E-state index contributed by atoms with van der Waals surface area (Å²) in [6.45, 7) is 11.5. The molecule has 28 heavy (non-hydrogen) atoms. The summed E-state index contributed by atoms with van der Waals surface area (Å²) in [5, 5.41) is 3.01. The van der Waals surface area contributed by atoms with Gasteiger partial charge in [0, 0.05) is 51.4 Å². The number of para-hydroxylation sites is 1. The molecule has 1 aromatic rings. The molecule has 1 aliphatic heterocycles. The number of benzene rings is 1. The molecule has 1 saturated heterocycles. The van der Waals surface area contributed by atoms with Crippen LogP contribution >= 0.6 is 0 Å². The van der Waals surface area contributed by atoms with Crippen molar-refractivity contribution in [3.8, 4) is 5.75 Å². The Kier molecular flexibility index (Phi) is 8.73. The lowest BCUT2D eigenvalue weighted by atomic mass is 10.1. The molecule has 1 fully saturated rings. The Balaban J connectivity index is 1.78. The molecule has 0 bridgehead atoms. The standard InChI is InChI=1S/C21H34N4O3/c1-5-24(6-2)20(26)16-23-11-13-25(14-12-23)17(3)21(27)22-15-18-9-7-8-10-19(18)28-4/h7-10,17H,5-6,11-16H2,1-4H3,(H,22,27). The van der Waals surface area contributed by atoms with Crippen LogP contribution in [0.1, 0.15) is 26.3 Å². The Morgan fingerprint density at radius 2 is 1.79 bits per heavy atom. The van der Waals surface area contributed by atoms with Crippen LogP contribution in [-0.2, 0) is 16.1 Å². The molecule has 1 atom stereocenters. The lowest BCUT2D eigenvalue weighted by molar-refractivity contribution is -0.133. The molecule has 1 aliphatic rings. The van der Waals surface area contributed by atoms with Crippen LogP contribution in [0.25, 0.3) is 0 Å². The van der Waals surface area contributed by atoms with Crippen molar-refractivity contribution in [2.75, 3.05) is 52.9 Å². The molecule has 7 nitrogen and oxygen atoms in total. The van der Waals surface area contributed by atoms with Gasteiger partial charge < -0.3 is 15.0 Å². The van der Waals surface area contributed by atoms with Crippen molar-refractivity contribution in [3.05, 3.63) is 29.8 Å². The summed E-state index contributed by atoms with van der Waals surface area (Å²) in [5.41, 5.74) is 0.963. The third kappa shape index (κ3) is 5.94. The molecule has 1 N–H and O–H groups in total. The monoisotopic (exact) mass is 390 g/mol. The van der Waals surface area contributed by atoms with Crippen LogP contribution in [0.15, 0.2) is 24.3 Å². The summed E-state index contributed by atoms with van der Waals surface area (Å²) in [4.78, 5) is 31.1. The highest BCUT2D eigenvalue weighted by atomic mass is 16.5. The highest BCUT2D eigenvalue weighted by Gasteiger charge is 2.26. The minimum Gasteiger partial charge on any atom is -0.496 e. The average molecular weight is 391 g/mol.